The van der Waals surface area contributed by atoms with Crippen molar-refractivity contribution in [1.29, 1.82) is 0 Å². The molecular formula is C18H18N6O. The Balaban J connectivity index is 1.53. The lowest BCUT2D eigenvalue weighted by Gasteiger charge is -2.17. The Morgan fingerprint density at radius 1 is 1.24 bits per heavy atom. The van der Waals surface area contributed by atoms with Crippen LogP contribution in [-0.2, 0) is 6.42 Å². The van der Waals surface area contributed by atoms with E-state index in [1.165, 1.54) is 11.7 Å². The Hall–Kier alpha value is -3.19. The van der Waals surface area contributed by atoms with Crippen LogP contribution in [0.25, 0.3) is 16.7 Å². The Labute approximate surface area is 144 Å². The van der Waals surface area contributed by atoms with Gasteiger partial charge in [0.15, 0.2) is 0 Å². The third-order valence-corrected chi connectivity index (χ3v) is 4.14. The van der Waals surface area contributed by atoms with Gasteiger partial charge in [0.1, 0.15) is 24.3 Å². The summed E-state index contributed by atoms with van der Waals surface area (Å²) >= 11 is 0. The Bertz CT molecular complexity index is 963. The SMILES string of the molecule is OCC(Cc1c[nH]c2ccccc12)Nc1cc(-n2ccnc2)ncn1. The highest BCUT2D eigenvalue weighted by molar-refractivity contribution is 5.83. The smallest absolute Gasteiger partial charge is 0.143 e. The zero-order valence-corrected chi connectivity index (χ0v) is 13.5. The molecule has 4 rings (SSSR count). The van der Waals surface area contributed by atoms with Crippen molar-refractivity contribution in [3.05, 3.63) is 67.1 Å². The number of benzene rings is 1. The maximum absolute atomic E-state index is 9.78. The molecule has 0 aliphatic rings. The van der Waals surface area contributed by atoms with Crippen LogP contribution in [0.5, 0.6) is 0 Å². The standard InChI is InChI=1S/C18H18N6O/c25-10-14(7-13-9-20-16-4-2-1-3-15(13)16)23-17-8-18(22-11-21-17)24-6-5-19-12-24/h1-6,8-9,11-12,14,20,25H,7,10H2,(H,21,22,23). The summed E-state index contributed by atoms with van der Waals surface area (Å²) in [6, 6.07) is 9.83. The van der Waals surface area contributed by atoms with Gasteiger partial charge in [-0.3, -0.25) is 4.57 Å². The molecule has 0 radical (unpaired) electrons. The first kappa shape index (κ1) is 15.3. The molecule has 4 aromatic rings. The van der Waals surface area contributed by atoms with Crippen LogP contribution in [0.1, 0.15) is 5.56 Å². The van der Waals surface area contributed by atoms with Gasteiger partial charge in [-0.2, -0.15) is 0 Å². The van der Waals surface area contributed by atoms with Crippen LogP contribution in [-0.4, -0.2) is 42.3 Å². The number of anilines is 1. The van der Waals surface area contributed by atoms with Gasteiger partial charge >= 0.3 is 0 Å². The molecule has 0 aliphatic heterocycles. The highest BCUT2D eigenvalue weighted by Crippen LogP contribution is 2.20. The topological polar surface area (TPSA) is 91.7 Å². The highest BCUT2D eigenvalue weighted by atomic mass is 16.3. The van der Waals surface area contributed by atoms with Crippen molar-refractivity contribution < 1.29 is 5.11 Å². The van der Waals surface area contributed by atoms with Crippen LogP contribution in [0, 0.1) is 0 Å². The number of fused-ring (bicyclic) bond motifs is 1. The first-order valence-electron chi connectivity index (χ1n) is 8.06. The van der Waals surface area contributed by atoms with E-state index in [4.69, 9.17) is 0 Å². The predicted molar refractivity (Wildman–Crippen MR) is 95.7 cm³/mol. The van der Waals surface area contributed by atoms with Gasteiger partial charge in [-0.05, 0) is 18.1 Å². The lowest BCUT2D eigenvalue weighted by atomic mass is 10.1. The first-order chi connectivity index (χ1) is 12.3. The molecule has 126 valence electrons. The van der Waals surface area contributed by atoms with E-state index >= 15 is 0 Å². The molecule has 1 unspecified atom stereocenters. The minimum Gasteiger partial charge on any atom is -0.394 e. The van der Waals surface area contributed by atoms with Gasteiger partial charge in [0.2, 0.25) is 0 Å². The lowest BCUT2D eigenvalue weighted by Crippen LogP contribution is -2.27. The van der Waals surface area contributed by atoms with Crippen molar-refractivity contribution in [2.24, 2.45) is 0 Å². The van der Waals surface area contributed by atoms with Gasteiger partial charge in [0, 0.05) is 35.6 Å². The molecule has 0 bridgehead atoms. The van der Waals surface area contributed by atoms with E-state index in [1.807, 2.05) is 36.7 Å². The predicted octanol–water partition coefficient (Wildman–Crippen LogP) is 2.16. The molecule has 3 heterocycles. The minimum atomic E-state index is -0.148. The fraction of sp³-hybridized carbons (Fsp3) is 0.167. The Kier molecular flexibility index (Phi) is 4.14. The van der Waals surface area contributed by atoms with Crippen molar-refractivity contribution in [2.75, 3.05) is 11.9 Å². The molecule has 0 amide bonds. The van der Waals surface area contributed by atoms with E-state index in [1.54, 1.807) is 17.1 Å². The number of H-pyrrole nitrogens is 1. The summed E-state index contributed by atoms with van der Waals surface area (Å²) in [5.74, 6) is 1.39. The number of hydrogen-bond donors (Lipinski definition) is 3. The summed E-state index contributed by atoms with van der Waals surface area (Å²) in [6.45, 7) is 0.00389. The van der Waals surface area contributed by atoms with Crippen LogP contribution in [0.2, 0.25) is 0 Å². The molecule has 25 heavy (non-hydrogen) atoms. The summed E-state index contributed by atoms with van der Waals surface area (Å²) in [7, 11) is 0. The zero-order chi connectivity index (χ0) is 17.1. The number of rotatable bonds is 6. The van der Waals surface area contributed by atoms with Gasteiger partial charge in [-0.15, -0.1) is 0 Å². The lowest BCUT2D eigenvalue weighted by molar-refractivity contribution is 0.273. The van der Waals surface area contributed by atoms with E-state index in [0.29, 0.717) is 12.2 Å². The van der Waals surface area contributed by atoms with Crippen LogP contribution >= 0.6 is 0 Å². The first-order valence-corrected chi connectivity index (χ1v) is 8.06. The normalized spacial score (nSPS) is 12.4. The van der Waals surface area contributed by atoms with Crippen molar-refractivity contribution in [1.82, 2.24) is 24.5 Å². The Morgan fingerprint density at radius 3 is 3.00 bits per heavy atom. The quantitative estimate of drug-likeness (QED) is 0.502. The molecule has 0 saturated heterocycles. The van der Waals surface area contributed by atoms with E-state index in [2.05, 4.69) is 31.3 Å². The summed E-state index contributed by atoms with van der Waals surface area (Å²) < 4.78 is 1.81. The summed E-state index contributed by atoms with van der Waals surface area (Å²) in [6.07, 6.45) is 9.38. The maximum Gasteiger partial charge on any atom is 0.143 e. The molecule has 3 aromatic heterocycles. The number of hydrogen-bond acceptors (Lipinski definition) is 5. The third-order valence-electron chi connectivity index (χ3n) is 4.14. The third kappa shape index (κ3) is 3.22. The molecule has 0 aliphatic carbocycles. The van der Waals surface area contributed by atoms with Crippen LogP contribution in [0.15, 0.2) is 61.6 Å². The van der Waals surface area contributed by atoms with Gasteiger partial charge in [0.25, 0.3) is 0 Å². The van der Waals surface area contributed by atoms with Crippen molar-refractivity contribution in [3.8, 4) is 5.82 Å². The van der Waals surface area contributed by atoms with Crippen LogP contribution in [0.3, 0.4) is 0 Å². The van der Waals surface area contributed by atoms with E-state index in [-0.39, 0.29) is 12.6 Å². The number of nitrogens with zero attached hydrogens (tertiary/aromatic N) is 4. The monoisotopic (exact) mass is 334 g/mol. The van der Waals surface area contributed by atoms with E-state index in [0.717, 1.165) is 16.9 Å². The molecule has 1 aromatic carbocycles. The van der Waals surface area contributed by atoms with Gasteiger partial charge in [0.05, 0.1) is 12.6 Å². The number of nitrogens with one attached hydrogen (secondary N) is 2. The second-order valence-corrected chi connectivity index (χ2v) is 5.82. The zero-order valence-electron chi connectivity index (χ0n) is 13.5. The number of para-hydroxylation sites is 1. The number of aliphatic hydroxyl groups is 1. The summed E-state index contributed by atoms with van der Waals surface area (Å²) in [5, 5.41) is 14.2. The number of imidazole rings is 1. The van der Waals surface area contributed by atoms with Crippen LogP contribution < -0.4 is 5.32 Å². The molecule has 0 saturated carbocycles. The second-order valence-electron chi connectivity index (χ2n) is 5.82. The largest absolute Gasteiger partial charge is 0.394 e. The number of aromatic nitrogens is 5. The van der Waals surface area contributed by atoms with E-state index < -0.39 is 0 Å². The number of aliphatic hydroxyl groups excluding tert-OH is 1. The van der Waals surface area contributed by atoms with Crippen molar-refractivity contribution in [2.45, 2.75) is 12.5 Å². The molecule has 7 nitrogen and oxygen atoms in total. The highest BCUT2D eigenvalue weighted by Gasteiger charge is 2.13. The second kappa shape index (κ2) is 6.74. The summed E-state index contributed by atoms with van der Waals surface area (Å²) in [5.41, 5.74) is 2.25. The van der Waals surface area contributed by atoms with Gasteiger partial charge in [-0.25, -0.2) is 15.0 Å². The summed E-state index contributed by atoms with van der Waals surface area (Å²) in [4.78, 5) is 15.8. The van der Waals surface area contributed by atoms with E-state index in [9.17, 15) is 5.11 Å². The van der Waals surface area contributed by atoms with Gasteiger partial charge in [-0.1, -0.05) is 18.2 Å². The minimum absolute atomic E-state index is 0.00389. The molecule has 0 spiro atoms. The van der Waals surface area contributed by atoms with Crippen molar-refractivity contribution in [3.63, 3.8) is 0 Å². The maximum atomic E-state index is 9.78. The molecule has 3 N–H and O–H groups in total. The van der Waals surface area contributed by atoms with Gasteiger partial charge < -0.3 is 15.4 Å². The molecule has 0 fully saturated rings. The number of aromatic amines is 1. The van der Waals surface area contributed by atoms with Crippen molar-refractivity contribution >= 4 is 16.7 Å². The fourth-order valence-corrected chi connectivity index (χ4v) is 2.90. The molecular weight excluding hydrogens is 316 g/mol. The van der Waals surface area contributed by atoms with Crippen LogP contribution in [0.4, 0.5) is 5.82 Å². The molecule has 7 heteroatoms. The molecule has 1 atom stereocenters. The average Bonchev–Trinajstić information content (AvgIpc) is 3.32. The fourth-order valence-electron chi connectivity index (χ4n) is 2.90. The Morgan fingerprint density at radius 2 is 2.16 bits per heavy atom. The average molecular weight is 334 g/mol.